The molecule has 1 aromatic rings. The molecule has 3 heteroatoms. The zero-order valence-corrected chi connectivity index (χ0v) is 9.74. The molecule has 0 spiro atoms. The molecule has 1 aliphatic carbocycles. The lowest BCUT2D eigenvalue weighted by molar-refractivity contribution is 0.435. The minimum Gasteiger partial charge on any atom is -0.237 e. The summed E-state index contributed by atoms with van der Waals surface area (Å²) >= 11 is 0. The smallest absolute Gasteiger partial charge is 0.142 e. The first kappa shape index (κ1) is 11.1. The minimum atomic E-state index is 0.321. The monoisotopic (exact) mass is 215 g/mol. The number of nitriles is 1. The Morgan fingerprint density at radius 3 is 2.75 bits per heavy atom. The van der Waals surface area contributed by atoms with Gasteiger partial charge >= 0.3 is 0 Å². The number of hydrogen-bond acceptors (Lipinski definition) is 3. The second-order valence-corrected chi connectivity index (χ2v) is 4.52. The van der Waals surface area contributed by atoms with Crippen molar-refractivity contribution in [3.05, 3.63) is 23.3 Å². The number of hydrogen-bond donors (Lipinski definition) is 0. The van der Waals surface area contributed by atoms with Crippen LogP contribution in [0.2, 0.25) is 0 Å². The Morgan fingerprint density at radius 2 is 2.06 bits per heavy atom. The molecule has 16 heavy (non-hydrogen) atoms. The van der Waals surface area contributed by atoms with Gasteiger partial charge in [0.15, 0.2) is 0 Å². The van der Waals surface area contributed by atoms with Crippen molar-refractivity contribution in [2.75, 3.05) is 0 Å². The maximum atomic E-state index is 8.68. The molecule has 2 rings (SSSR count). The summed E-state index contributed by atoms with van der Waals surface area (Å²) in [6.07, 6.45) is 6.76. The first-order valence-electron chi connectivity index (χ1n) is 6.01. The summed E-state index contributed by atoms with van der Waals surface area (Å²) in [5, 5.41) is 8.68. The van der Waals surface area contributed by atoms with Crippen LogP contribution in [0, 0.1) is 18.3 Å². The van der Waals surface area contributed by atoms with E-state index in [4.69, 9.17) is 5.26 Å². The van der Waals surface area contributed by atoms with Gasteiger partial charge in [0.2, 0.25) is 0 Å². The molecular weight excluding hydrogens is 198 g/mol. The summed E-state index contributed by atoms with van der Waals surface area (Å²) in [5.74, 6) is 1.27. The third kappa shape index (κ3) is 2.57. The fourth-order valence-corrected chi connectivity index (χ4v) is 2.41. The molecule has 1 saturated carbocycles. The fraction of sp³-hybridized carbons (Fsp3) is 0.615. The van der Waals surface area contributed by atoms with Gasteiger partial charge in [-0.05, 0) is 25.8 Å². The molecule has 1 aromatic heterocycles. The summed E-state index contributed by atoms with van der Waals surface area (Å²) in [4.78, 5) is 8.80. The van der Waals surface area contributed by atoms with Crippen LogP contribution in [0.1, 0.15) is 55.2 Å². The van der Waals surface area contributed by atoms with E-state index in [1.54, 1.807) is 0 Å². The van der Waals surface area contributed by atoms with Crippen molar-refractivity contribution in [1.82, 2.24) is 9.97 Å². The van der Waals surface area contributed by atoms with Gasteiger partial charge in [0.05, 0.1) is 12.5 Å². The average molecular weight is 215 g/mol. The van der Waals surface area contributed by atoms with Crippen molar-refractivity contribution in [3.63, 3.8) is 0 Å². The van der Waals surface area contributed by atoms with Gasteiger partial charge < -0.3 is 0 Å². The van der Waals surface area contributed by atoms with Crippen LogP contribution in [0.3, 0.4) is 0 Å². The zero-order chi connectivity index (χ0) is 11.4. The Labute approximate surface area is 96.5 Å². The van der Waals surface area contributed by atoms with Crippen molar-refractivity contribution >= 4 is 0 Å². The fourth-order valence-electron chi connectivity index (χ4n) is 2.41. The van der Waals surface area contributed by atoms with Crippen LogP contribution in [-0.4, -0.2) is 9.97 Å². The highest BCUT2D eigenvalue weighted by molar-refractivity contribution is 5.16. The Morgan fingerprint density at radius 1 is 1.31 bits per heavy atom. The lowest BCUT2D eigenvalue weighted by Crippen LogP contribution is -2.09. The van der Waals surface area contributed by atoms with Crippen LogP contribution in [0.15, 0.2) is 6.07 Å². The quantitative estimate of drug-likeness (QED) is 0.762. The van der Waals surface area contributed by atoms with Gasteiger partial charge in [-0.15, -0.1) is 0 Å². The van der Waals surface area contributed by atoms with Crippen molar-refractivity contribution < 1.29 is 0 Å². The van der Waals surface area contributed by atoms with Gasteiger partial charge in [-0.1, -0.05) is 19.3 Å². The summed E-state index contributed by atoms with van der Waals surface area (Å²) < 4.78 is 0. The minimum absolute atomic E-state index is 0.321. The third-order valence-corrected chi connectivity index (χ3v) is 3.18. The molecule has 3 nitrogen and oxygen atoms in total. The molecule has 84 valence electrons. The molecule has 0 aromatic carbocycles. The maximum Gasteiger partial charge on any atom is 0.142 e. The molecular formula is C13H17N3. The van der Waals surface area contributed by atoms with E-state index in [-0.39, 0.29) is 0 Å². The Balaban J connectivity index is 2.22. The molecule has 0 N–H and O–H groups in total. The van der Waals surface area contributed by atoms with Crippen molar-refractivity contribution in [2.45, 2.75) is 51.4 Å². The third-order valence-electron chi connectivity index (χ3n) is 3.18. The van der Waals surface area contributed by atoms with E-state index in [2.05, 4.69) is 22.1 Å². The van der Waals surface area contributed by atoms with Gasteiger partial charge in [0, 0.05) is 17.3 Å². The Kier molecular flexibility index (Phi) is 3.51. The standard InChI is InChI=1S/C13H17N3/c1-10-9-12(11-5-3-2-4-6-11)16-13(15-10)7-8-14/h9,11H,2-7H2,1H3. The van der Waals surface area contributed by atoms with Crippen molar-refractivity contribution in [2.24, 2.45) is 0 Å². The van der Waals surface area contributed by atoms with Gasteiger partial charge in [0.1, 0.15) is 5.82 Å². The highest BCUT2D eigenvalue weighted by atomic mass is 14.9. The summed E-state index contributed by atoms with van der Waals surface area (Å²) in [6.45, 7) is 1.98. The molecule has 1 aliphatic rings. The van der Waals surface area contributed by atoms with E-state index >= 15 is 0 Å². The van der Waals surface area contributed by atoms with E-state index in [9.17, 15) is 0 Å². The Bertz CT molecular complexity index is 400. The summed E-state index contributed by atoms with van der Waals surface area (Å²) in [6, 6.07) is 4.20. The van der Waals surface area contributed by atoms with Gasteiger partial charge in [-0.2, -0.15) is 5.26 Å². The number of rotatable bonds is 2. The first-order valence-corrected chi connectivity index (χ1v) is 6.01. The lowest BCUT2D eigenvalue weighted by Gasteiger charge is -2.21. The van der Waals surface area contributed by atoms with Gasteiger partial charge in [-0.3, -0.25) is 0 Å². The second-order valence-electron chi connectivity index (χ2n) is 4.52. The van der Waals surface area contributed by atoms with Crippen LogP contribution >= 0.6 is 0 Å². The second kappa shape index (κ2) is 5.07. The molecule has 0 unspecified atom stereocenters. The largest absolute Gasteiger partial charge is 0.237 e. The Hall–Kier alpha value is -1.43. The topological polar surface area (TPSA) is 49.6 Å². The van der Waals surface area contributed by atoms with Crippen LogP contribution in [0.4, 0.5) is 0 Å². The number of aryl methyl sites for hydroxylation is 1. The normalized spacial score (nSPS) is 17.0. The lowest BCUT2D eigenvalue weighted by atomic mass is 9.86. The van der Waals surface area contributed by atoms with Crippen LogP contribution in [-0.2, 0) is 6.42 Å². The van der Waals surface area contributed by atoms with E-state index in [0.717, 1.165) is 11.4 Å². The van der Waals surface area contributed by atoms with Crippen molar-refractivity contribution in [3.8, 4) is 6.07 Å². The maximum absolute atomic E-state index is 8.68. The van der Waals surface area contributed by atoms with Crippen LogP contribution in [0.25, 0.3) is 0 Å². The molecule has 0 aliphatic heterocycles. The highest BCUT2D eigenvalue weighted by Gasteiger charge is 2.17. The summed E-state index contributed by atoms with van der Waals surface area (Å²) in [5.41, 5.74) is 2.14. The molecule has 0 amide bonds. The molecule has 1 heterocycles. The van der Waals surface area contributed by atoms with Crippen LogP contribution < -0.4 is 0 Å². The predicted octanol–water partition coefficient (Wildman–Crippen LogP) is 2.90. The van der Waals surface area contributed by atoms with E-state index in [1.807, 2.05) is 6.92 Å². The number of nitrogens with zero attached hydrogens (tertiary/aromatic N) is 3. The van der Waals surface area contributed by atoms with E-state index in [0.29, 0.717) is 18.2 Å². The zero-order valence-electron chi connectivity index (χ0n) is 9.74. The van der Waals surface area contributed by atoms with E-state index < -0.39 is 0 Å². The van der Waals surface area contributed by atoms with Crippen molar-refractivity contribution in [1.29, 1.82) is 5.26 Å². The molecule has 0 atom stereocenters. The predicted molar refractivity (Wildman–Crippen MR) is 61.9 cm³/mol. The van der Waals surface area contributed by atoms with Gasteiger partial charge in [-0.25, -0.2) is 9.97 Å². The first-order chi connectivity index (χ1) is 7.79. The average Bonchev–Trinajstić information content (AvgIpc) is 2.30. The SMILES string of the molecule is Cc1cc(C2CCCCC2)nc(CC#N)n1. The number of aromatic nitrogens is 2. The molecule has 0 saturated heterocycles. The van der Waals surface area contributed by atoms with Gasteiger partial charge in [0.25, 0.3) is 0 Å². The summed E-state index contributed by atoms with van der Waals surface area (Å²) in [7, 11) is 0. The van der Waals surface area contributed by atoms with E-state index in [1.165, 1.54) is 32.1 Å². The molecule has 0 radical (unpaired) electrons. The highest BCUT2D eigenvalue weighted by Crippen LogP contribution is 2.31. The molecule has 0 bridgehead atoms. The molecule has 1 fully saturated rings. The van der Waals surface area contributed by atoms with Crippen LogP contribution in [0.5, 0.6) is 0 Å².